The number of benzene rings is 1. The monoisotopic (exact) mass is 288 g/mol. The molecule has 21 heavy (non-hydrogen) atoms. The smallest absolute Gasteiger partial charge is 0.312 e. The van der Waals surface area contributed by atoms with Crippen LogP contribution in [-0.4, -0.2) is 41.0 Å². The van der Waals surface area contributed by atoms with Gasteiger partial charge in [0.25, 0.3) is 0 Å². The highest BCUT2D eigenvalue weighted by Gasteiger charge is 2.34. The molecule has 2 unspecified atom stereocenters. The largest absolute Gasteiger partial charge is 0.481 e. The quantitative estimate of drug-likeness (QED) is 0.861. The molecule has 2 N–H and O–H groups in total. The summed E-state index contributed by atoms with van der Waals surface area (Å²) in [7, 11) is 0. The summed E-state index contributed by atoms with van der Waals surface area (Å²) in [6, 6.07) is 7.88. The maximum Gasteiger partial charge on any atom is 0.312 e. The van der Waals surface area contributed by atoms with Gasteiger partial charge in [-0.3, -0.25) is 14.5 Å². The lowest BCUT2D eigenvalue weighted by molar-refractivity contribution is -0.139. The minimum absolute atomic E-state index is 0.0724. The topological polar surface area (TPSA) is 69.6 Å². The van der Waals surface area contributed by atoms with Crippen molar-refractivity contribution >= 4 is 11.9 Å². The van der Waals surface area contributed by atoms with Gasteiger partial charge < -0.3 is 10.4 Å². The Morgan fingerprint density at radius 3 is 2.95 bits per heavy atom. The minimum atomic E-state index is -0.787. The Bertz CT molecular complexity index is 558. The molecular weight excluding hydrogens is 268 g/mol. The number of nitrogens with one attached hydrogen (secondary N) is 1. The average molecular weight is 288 g/mol. The molecule has 1 saturated heterocycles. The summed E-state index contributed by atoms with van der Waals surface area (Å²) in [6.07, 6.45) is 2.36. The number of amides is 1. The van der Waals surface area contributed by atoms with Gasteiger partial charge in [0.15, 0.2) is 0 Å². The van der Waals surface area contributed by atoms with Gasteiger partial charge in [0.2, 0.25) is 5.91 Å². The predicted molar refractivity (Wildman–Crippen MR) is 77.9 cm³/mol. The number of aliphatic carboxylic acids is 1. The van der Waals surface area contributed by atoms with Crippen LogP contribution in [0.25, 0.3) is 0 Å². The molecule has 0 aromatic heterocycles. The van der Waals surface area contributed by atoms with Crippen LogP contribution in [0.4, 0.5) is 0 Å². The fourth-order valence-electron chi connectivity index (χ4n) is 3.39. The van der Waals surface area contributed by atoms with Crippen LogP contribution in [0, 0.1) is 0 Å². The molecule has 0 spiro atoms. The van der Waals surface area contributed by atoms with E-state index in [0.717, 1.165) is 37.1 Å². The van der Waals surface area contributed by atoms with E-state index in [-0.39, 0.29) is 11.9 Å². The lowest BCUT2D eigenvalue weighted by Gasteiger charge is -2.37. The summed E-state index contributed by atoms with van der Waals surface area (Å²) in [5, 5.41) is 12.4. The van der Waals surface area contributed by atoms with Crippen molar-refractivity contribution in [2.45, 2.75) is 37.8 Å². The van der Waals surface area contributed by atoms with E-state index in [1.54, 1.807) is 0 Å². The van der Waals surface area contributed by atoms with Gasteiger partial charge in [-0.25, -0.2) is 0 Å². The molecule has 0 radical (unpaired) electrons. The van der Waals surface area contributed by atoms with E-state index in [0.29, 0.717) is 13.0 Å². The highest BCUT2D eigenvalue weighted by molar-refractivity contribution is 5.78. The lowest BCUT2D eigenvalue weighted by Crippen LogP contribution is -2.44. The summed E-state index contributed by atoms with van der Waals surface area (Å²) in [5.41, 5.74) is 1.99. The molecule has 0 bridgehead atoms. The second kappa shape index (κ2) is 5.85. The van der Waals surface area contributed by atoms with Crippen LogP contribution in [0.1, 0.15) is 36.3 Å². The first kappa shape index (κ1) is 14.1. The fraction of sp³-hybridized carbons (Fsp3) is 0.500. The summed E-state index contributed by atoms with van der Waals surface area (Å²) < 4.78 is 0. The first-order valence-corrected chi connectivity index (χ1v) is 7.46. The minimum Gasteiger partial charge on any atom is -0.481 e. The molecule has 112 valence electrons. The number of nitrogens with zero attached hydrogens (tertiary/aromatic N) is 1. The van der Waals surface area contributed by atoms with E-state index in [9.17, 15) is 14.7 Å². The van der Waals surface area contributed by atoms with Crippen molar-refractivity contribution in [1.82, 2.24) is 10.2 Å². The zero-order valence-electron chi connectivity index (χ0n) is 11.9. The number of rotatable bonds is 2. The van der Waals surface area contributed by atoms with Crippen molar-refractivity contribution in [3.8, 4) is 0 Å². The van der Waals surface area contributed by atoms with Gasteiger partial charge in [-0.15, -0.1) is 0 Å². The SMILES string of the molecule is O=C1CC(N2Cc3ccccc3C(C(=O)O)C2)CCCN1. The molecule has 2 atom stereocenters. The number of hydrogen-bond acceptors (Lipinski definition) is 3. The molecule has 2 aliphatic heterocycles. The van der Waals surface area contributed by atoms with Crippen LogP contribution < -0.4 is 5.32 Å². The first-order chi connectivity index (χ1) is 10.1. The number of carboxylic acid groups (broad SMARTS) is 1. The average Bonchev–Trinajstić information content (AvgIpc) is 2.70. The van der Waals surface area contributed by atoms with Gasteiger partial charge in [0.1, 0.15) is 0 Å². The normalized spacial score (nSPS) is 26.6. The van der Waals surface area contributed by atoms with E-state index in [4.69, 9.17) is 0 Å². The van der Waals surface area contributed by atoms with Crippen molar-refractivity contribution in [2.24, 2.45) is 0 Å². The standard InChI is InChI=1S/C16H20N2O3/c19-15-8-12(5-3-7-17-15)18-9-11-4-1-2-6-13(11)14(10-18)16(20)21/h1-2,4,6,12,14H,3,5,7-10H2,(H,17,19)(H,20,21). The van der Waals surface area contributed by atoms with Crippen LogP contribution in [-0.2, 0) is 16.1 Å². The van der Waals surface area contributed by atoms with Crippen molar-refractivity contribution in [3.63, 3.8) is 0 Å². The second-order valence-electron chi connectivity index (χ2n) is 5.87. The third-order valence-electron chi connectivity index (χ3n) is 4.49. The van der Waals surface area contributed by atoms with E-state index in [1.165, 1.54) is 0 Å². The molecular formula is C16H20N2O3. The molecule has 0 aliphatic carbocycles. The molecule has 1 fully saturated rings. The zero-order valence-corrected chi connectivity index (χ0v) is 11.9. The van der Waals surface area contributed by atoms with Gasteiger partial charge in [0.05, 0.1) is 5.92 Å². The molecule has 1 aromatic rings. The lowest BCUT2D eigenvalue weighted by atomic mass is 9.88. The first-order valence-electron chi connectivity index (χ1n) is 7.46. The maximum atomic E-state index is 11.7. The zero-order chi connectivity index (χ0) is 14.8. The summed E-state index contributed by atoms with van der Waals surface area (Å²) in [6.45, 7) is 1.95. The third-order valence-corrected chi connectivity index (χ3v) is 4.49. The van der Waals surface area contributed by atoms with Gasteiger partial charge in [-0.1, -0.05) is 24.3 Å². The third kappa shape index (κ3) is 2.93. The fourth-order valence-corrected chi connectivity index (χ4v) is 3.39. The molecule has 3 rings (SSSR count). The van der Waals surface area contributed by atoms with Crippen LogP contribution >= 0.6 is 0 Å². The Labute approximate surface area is 123 Å². The maximum absolute atomic E-state index is 11.7. The number of carboxylic acids is 1. The van der Waals surface area contributed by atoms with Crippen LogP contribution in [0.2, 0.25) is 0 Å². The predicted octanol–water partition coefficient (Wildman–Crippen LogP) is 1.34. The van der Waals surface area contributed by atoms with E-state index in [2.05, 4.69) is 10.2 Å². The molecule has 1 amide bonds. The second-order valence-corrected chi connectivity index (χ2v) is 5.87. The van der Waals surface area contributed by atoms with Gasteiger partial charge in [-0.2, -0.15) is 0 Å². The van der Waals surface area contributed by atoms with Crippen LogP contribution in [0.15, 0.2) is 24.3 Å². The van der Waals surface area contributed by atoms with Crippen molar-refractivity contribution < 1.29 is 14.7 Å². The molecule has 5 heteroatoms. The Hall–Kier alpha value is -1.88. The van der Waals surface area contributed by atoms with E-state index >= 15 is 0 Å². The van der Waals surface area contributed by atoms with Crippen LogP contribution in [0.5, 0.6) is 0 Å². The number of carbonyl (C=O) groups excluding carboxylic acids is 1. The highest BCUT2D eigenvalue weighted by atomic mass is 16.4. The molecule has 2 aliphatic rings. The van der Waals surface area contributed by atoms with Crippen molar-refractivity contribution in [2.75, 3.05) is 13.1 Å². The van der Waals surface area contributed by atoms with E-state index in [1.807, 2.05) is 24.3 Å². The number of hydrogen-bond donors (Lipinski definition) is 2. The summed E-state index contributed by atoms with van der Waals surface area (Å²) >= 11 is 0. The summed E-state index contributed by atoms with van der Waals surface area (Å²) in [5.74, 6) is -1.21. The number of fused-ring (bicyclic) bond motifs is 1. The highest BCUT2D eigenvalue weighted by Crippen LogP contribution is 2.31. The van der Waals surface area contributed by atoms with Crippen LogP contribution in [0.3, 0.4) is 0 Å². The van der Waals surface area contributed by atoms with Crippen molar-refractivity contribution in [1.29, 1.82) is 0 Å². The molecule has 2 heterocycles. The van der Waals surface area contributed by atoms with Crippen molar-refractivity contribution in [3.05, 3.63) is 35.4 Å². The Morgan fingerprint density at radius 2 is 2.14 bits per heavy atom. The Morgan fingerprint density at radius 1 is 1.33 bits per heavy atom. The Kier molecular flexibility index (Phi) is 3.92. The number of carbonyl (C=O) groups is 2. The van der Waals surface area contributed by atoms with Gasteiger partial charge in [-0.05, 0) is 24.0 Å². The van der Waals surface area contributed by atoms with Gasteiger partial charge in [0, 0.05) is 32.1 Å². The summed E-state index contributed by atoms with van der Waals surface area (Å²) in [4.78, 5) is 25.5. The Balaban J connectivity index is 1.85. The molecule has 5 nitrogen and oxygen atoms in total. The van der Waals surface area contributed by atoms with Gasteiger partial charge >= 0.3 is 5.97 Å². The van der Waals surface area contributed by atoms with E-state index < -0.39 is 11.9 Å². The molecule has 0 saturated carbocycles. The molecule has 1 aromatic carbocycles.